The van der Waals surface area contributed by atoms with Crippen molar-refractivity contribution in [3.63, 3.8) is 0 Å². The number of carbonyl (C=O) groups is 4. The second-order valence-electron chi connectivity index (χ2n) is 9.77. The number of hydrogen-bond acceptors (Lipinski definition) is 6. The molecule has 4 N–H and O–H groups in total. The third kappa shape index (κ3) is 8.32. The largest absolute Gasteiger partial charge is 0.478 e. The van der Waals surface area contributed by atoms with Gasteiger partial charge >= 0.3 is 5.97 Å². The van der Waals surface area contributed by atoms with Crippen LogP contribution in [0.5, 0.6) is 0 Å². The Morgan fingerprint density at radius 3 is 2.11 bits per heavy atom. The highest BCUT2D eigenvalue weighted by molar-refractivity contribution is 8.00. The van der Waals surface area contributed by atoms with Gasteiger partial charge in [-0.2, -0.15) is 0 Å². The smallest absolute Gasteiger partial charge is 0.337 e. The third-order valence-electron chi connectivity index (χ3n) is 6.53. The predicted octanol–water partition coefficient (Wildman–Crippen LogP) is 7.51. The van der Waals surface area contributed by atoms with Crippen LogP contribution < -0.4 is 16.0 Å². The Morgan fingerprint density at radius 1 is 0.783 bits per heavy atom. The Labute approximate surface area is 273 Å². The van der Waals surface area contributed by atoms with Gasteiger partial charge < -0.3 is 25.5 Å². The fourth-order valence-electron chi connectivity index (χ4n) is 4.28. The highest BCUT2D eigenvalue weighted by Gasteiger charge is 2.23. The number of nitrogens with one attached hydrogen (secondary N) is 3. The maximum Gasteiger partial charge on any atom is 0.337 e. The fourth-order valence-corrected chi connectivity index (χ4v) is 5.51. The molecule has 0 radical (unpaired) electrons. The van der Waals surface area contributed by atoms with E-state index in [1.807, 2.05) is 30.3 Å². The van der Waals surface area contributed by atoms with Gasteiger partial charge in [0.05, 0.1) is 16.8 Å². The first-order valence-corrected chi connectivity index (χ1v) is 15.1. The van der Waals surface area contributed by atoms with Crippen molar-refractivity contribution in [2.45, 2.75) is 10.1 Å². The number of anilines is 2. The summed E-state index contributed by atoms with van der Waals surface area (Å²) in [5.74, 6) is -2.21. The molecule has 0 aliphatic heterocycles. The third-order valence-corrected chi connectivity index (χ3v) is 8.13. The molecule has 1 aromatic heterocycles. The van der Waals surface area contributed by atoms with Crippen molar-refractivity contribution in [2.24, 2.45) is 0 Å². The van der Waals surface area contributed by atoms with Gasteiger partial charge in [0, 0.05) is 27.9 Å². The first-order valence-electron chi connectivity index (χ1n) is 13.8. The van der Waals surface area contributed by atoms with E-state index < -0.39 is 23.0 Å². The molecule has 0 aliphatic carbocycles. The van der Waals surface area contributed by atoms with E-state index in [9.17, 15) is 24.3 Å². The number of furan rings is 1. The molecular formula is C35H26ClN3O6S. The van der Waals surface area contributed by atoms with E-state index in [0.29, 0.717) is 22.7 Å². The molecule has 230 valence electrons. The molecule has 0 saturated heterocycles. The lowest BCUT2D eigenvalue weighted by molar-refractivity contribution is -0.116. The van der Waals surface area contributed by atoms with Crippen molar-refractivity contribution in [1.29, 1.82) is 0 Å². The van der Waals surface area contributed by atoms with Gasteiger partial charge in [0.15, 0.2) is 0 Å². The summed E-state index contributed by atoms with van der Waals surface area (Å²) in [4.78, 5) is 51.8. The number of amides is 3. The molecule has 4 aromatic carbocycles. The molecular weight excluding hydrogens is 626 g/mol. The van der Waals surface area contributed by atoms with Gasteiger partial charge in [-0.1, -0.05) is 60.1 Å². The molecule has 3 amide bonds. The van der Waals surface area contributed by atoms with Crippen molar-refractivity contribution >= 4 is 64.5 Å². The van der Waals surface area contributed by atoms with Crippen molar-refractivity contribution < 1.29 is 28.7 Å². The Kier molecular flexibility index (Phi) is 10.3. The van der Waals surface area contributed by atoms with Crippen LogP contribution in [0.2, 0.25) is 5.02 Å². The molecule has 5 rings (SSSR count). The van der Waals surface area contributed by atoms with Gasteiger partial charge in [0.25, 0.3) is 11.8 Å². The molecule has 0 spiro atoms. The molecule has 9 nitrogen and oxygen atoms in total. The standard InChI is InChI=1S/C35H26ClN3O6S/c36-29-18-15-25(20-28(29)35(43)44)38-34(42)31(22-8-3-1-4-9-22)46-27-16-13-24(14-17-27)37-33(41)30(21-26-12-7-19-45-26)39-32(40)23-10-5-2-6-11-23/h1-21,31H,(H,37,41)(H,38,42)(H,39,40)(H,43,44)/b30-21-. The normalized spacial score (nSPS) is 11.7. The van der Waals surface area contributed by atoms with E-state index in [4.69, 9.17) is 16.0 Å². The summed E-state index contributed by atoms with van der Waals surface area (Å²) in [6, 6.07) is 32.1. The molecule has 1 heterocycles. The number of halogens is 1. The summed E-state index contributed by atoms with van der Waals surface area (Å²) in [5, 5.41) is 17.0. The van der Waals surface area contributed by atoms with Crippen LogP contribution in [-0.4, -0.2) is 28.8 Å². The van der Waals surface area contributed by atoms with Crippen LogP contribution >= 0.6 is 23.4 Å². The lowest BCUT2D eigenvalue weighted by Gasteiger charge is -2.18. The molecule has 0 aliphatic rings. The van der Waals surface area contributed by atoms with Crippen molar-refractivity contribution in [2.75, 3.05) is 10.6 Å². The minimum atomic E-state index is -1.20. The van der Waals surface area contributed by atoms with Crippen LogP contribution in [0.3, 0.4) is 0 Å². The number of thioether (sulfide) groups is 1. The monoisotopic (exact) mass is 651 g/mol. The second kappa shape index (κ2) is 14.9. The Balaban J connectivity index is 1.31. The zero-order valence-corrected chi connectivity index (χ0v) is 25.5. The number of benzene rings is 4. The van der Waals surface area contributed by atoms with Gasteiger partial charge in [-0.05, 0) is 72.3 Å². The predicted molar refractivity (Wildman–Crippen MR) is 178 cm³/mol. The highest BCUT2D eigenvalue weighted by Crippen LogP contribution is 2.37. The van der Waals surface area contributed by atoms with Gasteiger partial charge in [-0.3, -0.25) is 14.4 Å². The van der Waals surface area contributed by atoms with E-state index in [1.54, 1.807) is 66.7 Å². The molecule has 1 unspecified atom stereocenters. The van der Waals surface area contributed by atoms with Crippen LogP contribution in [0.4, 0.5) is 11.4 Å². The van der Waals surface area contributed by atoms with Crippen LogP contribution in [0.1, 0.15) is 37.3 Å². The molecule has 11 heteroatoms. The van der Waals surface area contributed by atoms with Crippen LogP contribution in [0, 0.1) is 0 Å². The summed E-state index contributed by atoms with van der Waals surface area (Å²) in [6.45, 7) is 0. The van der Waals surface area contributed by atoms with Gasteiger partial charge in [0.1, 0.15) is 16.7 Å². The van der Waals surface area contributed by atoms with Crippen LogP contribution in [0.25, 0.3) is 6.08 Å². The average molecular weight is 652 g/mol. The first-order chi connectivity index (χ1) is 22.3. The minimum absolute atomic E-state index is 0.0173. The Hall–Kier alpha value is -5.58. The molecule has 5 aromatic rings. The van der Waals surface area contributed by atoms with Gasteiger partial charge in [0.2, 0.25) is 5.91 Å². The van der Waals surface area contributed by atoms with Gasteiger partial charge in [-0.15, -0.1) is 11.8 Å². The summed E-state index contributed by atoms with van der Waals surface area (Å²) in [6.07, 6.45) is 2.89. The van der Waals surface area contributed by atoms with Gasteiger partial charge in [-0.25, -0.2) is 4.79 Å². The maximum atomic E-state index is 13.5. The van der Waals surface area contributed by atoms with E-state index in [0.717, 1.165) is 10.5 Å². The zero-order chi connectivity index (χ0) is 32.5. The number of rotatable bonds is 11. The van der Waals surface area contributed by atoms with E-state index >= 15 is 0 Å². The Bertz CT molecular complexity index is 1880. The highest BCUT2D eigenvalue weighted by atomic mass is 35.5. The zero-order valence-electron chi connectivity index (χ0n) is 24.0. The maximum absolute atomic E-state index is 13.5. The van der Waals surface area contributed by atoms with Crippen LogP contribution in [0.15, 0.2) is 137 Å². The number of carboxylic acid groups (broad SMARTS) is 1. The molecule has 46 heavy (non-hydrogen) atoms. The lowest BCUT2D eigenvalue weighted by Crippen LogP contribution is -2.30. The fraction of sp³-hybridized carbons (Fsp3) is 0.0286. The number of hydrogen-bond donors (Lipinski definition) is 4. The minimum Gasteiger partial charge on any atom is -0.478 e. The first kappa shape index (κ1) is 31.8. The van der Waals surface area contributed by atoms with Crippen LogP contribution in [-0.2, 0) is 9.59 Å². The quantitative estimate of drug-likeness (QED) is 0.0856. The average Bonchev–Trinajstić information content (AvgIpc) is 3.59. The van der Waals surface area contributed by atoms with E-state index in [1.165, 1.54) is 42.3 Å². The van der Waals surface area contributed by atoms with E-state index in [2.05, 4.69) is 16.0 Å². The number of carboxylic acids is 1. The second-order valence-corrected chi connectivity index (χ2v) is 11.4. The SMILES string of the molecule is O=C(Nc1ccc(SC(C(=O)Nc2ccc(Cl)c(C(=O)O)c2)c2ccccc2)cc1)/C(=C/c1ccco1)NC(=O)c1ccccc1. The lowest BCUT2D eigenvalue weighted by atomic mass is 10.1. The number of aromatic carboxylic acids is 1. The van der Waals surface area contributed by atoms with Crippen molar-refractivity contribution in [3.8, 4) is 0 Å². The summed E-state index contributed by atoms with van der Waals surface area (Å²) in [7, 11) is 0. The van der Waals surface area contributed by atoms with Crippen molar-refractivity contribution in [3.05, 3.63) is 155 Å². The summed E-state index contributed by atoms with van der Waals surface area (Å²) >= 11 is 7.26. The van der Waals surface area contributed by atoms with Crippen molar-refractivity contribution in [1.82, 2.24) is 5.32 Å². The van der Waals surface area contributed by atoms with E-state index in [-0.39, 0.29) is 22.2 Å². The molecule has 1 atom stereocenters. The number of carbonyl (C=O) groups excluding carboxylic acids is 3. The summed E-state index contributed by atoms with van der Waals surface area (Å²) in [5.41, 5.74) is 1.73. The topological polar surface area (TPSA) is 138 Å². The summed E-state index contributed by atoms with van der Waals surface area (Å²) < 4.78 is 5.34. The molecule has 0 fully saturated rings. The molecule has 0 bridgehead atoms. The molecule has 0 saturated carbocycles. The Morgan fingerprint density at radius 2 is 1.46 bits per heavy atom.